The summed E-state index contributed by atoms with van der Waals surface area (Å²) in [7, 11) is 0. The summed E-state index contributed by atoms with van der Waals surface area (Å²) in [6.45, 7) is 0. The summed E-state index contributed by atoms with van der Waals surface area (Å²) in [6, 6.07) is 8.12. The van der Waals surface area contributed by atoms with Crippen LogP contribution in [0.15, 0.2) is 42.0 Å². The summed E-state index contributed by atoms with van der Waals surface area (Å²) in [6.07, 6.45) is 6.79. The fourth-order valence-corrected chi connectivity index (χ4v) is 2.51. The van der Waals surface area contributed by atoms with Crippen molar-refractivity contribution in [2.45, 2.75) is 18.3 Å². The van der Waals surface area contributed by atoms with E-state index in [0.29, 0.717) is 0 Å². The third-order valence-corrected chi connectivity index (χ3v) is 3.23. The van der Waals surface area contributed by atoms with E-state index in [-0.39, 0.29) is 18.3 Å². The summed E-state index contributed by atoms with van der Waals surface area (Å²) < 4.78 is 11.7. The minimum Gasteiger partial charge on any atom is -0.482 e. The van der Waals surface area contributed by atoms with Gasteiger partial charge in [0.25, 0.3) is 0 Å². The highest BCUT2D eigenvalue weighted by molar-refractivity contribution is 5.66. The molecular weight excluding hydrogens is 188 g/mol. The average Bonchev–Trinajstić information content (AvgIpc) is 2.87. The number of hydrogen-bond donors (Lipinski definition) is 0. The van der Waals surface area contributed by atoms with Gasteiger partial charge in [-0.15, -0.1) is 0 Å². The van der Waals surface area contributed by atoms with Crippen LogP contribution >= 0.6 is 0 Å². The molecule has 2 nitrogen and oxygen atoms in total. The lowest BCUT2D eigenvalue weighted by Gasteiger charge is -2.25. The minimum absolute atomic E-state index is 0.106. The van der Waals surface area contributed by atoms with Crippen LogP contribution < -0.4 is 4.74 Å². The molecule has 15 heavy (non-hydrogen) atoms. The first-order chi connectivity index (χ1) is 7.42. The molecular formula is C13H10O2. The molecule has 0 spiro atoms. The zero-order valence-electron chi connectivity index (χ0n) is 8.09. The first kappa shape index (κ1) is 7.71. The van der Waals surface area contributed by atoms with Crippen molar-refractivity contribution < 1.29 is 9.47 Å². The lowest BCUT2D eigenvalue weighted by Crippen LogP contribution is -2.30. The van der Waals surface area contributed by atoms with Crippen molar-refractivity contribution in [3.63, 3.8) is 0 Å². The summed E-state index contributed by atoms with van der Waals surface area (Å²) >= 11 is 0. The van der Waals surface area contributed by atoms with E-state index in [1.54, 1.807) is 0 Å². The van der Waals surface area contributed by atoms with Crippen molar-refractivity contribution in [2.24, 2.45) is 0 Å². The molecule has 0 saturated carbocycles. The highest BCUT2D eigenvalue weighted by atomic mass is 16.6. The van der Waals surface area contributed by atoms with Crippen LogP contribution in [0.2, 0.25) is 0 Å². The average molecular weight is 198 g/mol. The van der Waals surface area contributed by atoms with Gasteiger partial charge in [-0.3, -0.25) is 0 Å². The van der Waals surface area contributed by atoms with Gasteiger partial charge >= 0.3 is 0 Å². The Hall–Kier alpha value is -1.54. The van der Waals surface area contributed by atoms with E-state index in [2.05, 4.69) is 24.3 Å². The van der Waals surface area contributed by atoms with E-state index in [9.17, 15) is 0 Å². The SMILES string of the molecule is C1=C[C@H]2O[C@@H]1C1Oc3ccccc3C=C12. The number of hydrogen-bond acceptors (Lipinski definition) is 2. The first-order valence-corrected chi connectivity index (χ1v) is 5.23. The van der Waals surface area contributed by atoms with Crippen molar-refractivity contribution in [3.8, 4) is 5.75 Å². The number of rotatable bonds is 0. The molecule has 2 heteroatoms. The maximum atomic E-state index is 5.95. The molecule has 1 saturated heterocycles. The zero-order chi connectivity index (χ0) is 9.83. The Labute approximate surface area is 87.8 Å². The third kappa shape index (κ3) is 0.922. The fraction of sp³-hybridized carbons (Fsp3) is 0.231. The molecule has 1 fully saturated rings. The quantitative estimate of drug-likeness (QED) is 0.595. The zero-order valence-corrected chi connectivity index (χ0v) is 8.09. The highest BCUT2D eigenvalue weighted by Crippen LogP contribution is 2.41. The lowest BCUT2D eigenvalue weighted by atomic mass is 9.93. The van der Waals surface area contributed by atoms with Crippen LogP contribution in [0.3, 0.4) is 0 Å². The molecule has 3 aliphatic heterocycles. The molecule has 4 rings (SSSR count). The molecule has 3 aliphatic rings. The minimum atomic E-state index is 0.106. The van der Waals surface area contributed by atoms with Crippen molar-refractivity contribution in [3.05, 3.63) is 47.6 Å². The smallest absolute Gasteiger partial charge is 0.153 e. The predicted octanol–water partition coefficient (Wildman–Crippen LogP) is 2.17. The molecule has 74 valence electrons. The molecule has 1 unspecified atom stereocenters. The summed E-state index contributed by atoms with van der Waals surface area (Å²) in [5, 5.41) is 0. The highest BCUT2D eigenvalue weighted by Gasteiger charge is 2.44. The Kier molecular flexibility index (Phi) is 1.30. The molecule has 3 heterocycles. The van der Waals surface area contributed by atoms with E-state index in [4.69, 9.17) is 9.47 Å². The Bertz CT molecular complexity index is 487. The van der Waals surface area contributed by atoms with Crippen LogP contribution in [0.5, 0.6) is 5.75 Å². The van der Waals surface area contributed by atoms with Gasteiger partial charge < -0.3 is 9.47 Å². The molecule has 0 aromatic heterocycles. The van der Waals surface area contributed by atoms with Gasteiger partial charge in [-0.1, -0.05) is 30.4 Å². The van der Waals surface area contributed by atoms with Crippen molar-refractivity contribution in [1.82, 2.24) is 0 Å². The van der Waals surface area contributed by atoms with Gasteiger partial charge in [0.05, 0.1) is 0 Å². The van der Waals surface area contributed by atoms with Gasteiger partial charge in [0.15, 0.2) is 6.10 Å². The molecule has 3 atom stereocenters. The van der Waals surface area contributed by atoms with Crippen molar-refractivity contribution in [1.29, 1.82) is 0 Å². The molecule has 1 aromatic rings. The molecule has 2 bridgehead atoms. The van der Waals surface area contributed by atoms with Crippen LogP contribution in [0.4, 0.5) is 0 Å². The van der Waals surface area contributed by atoms with Crippen LogP contribution in [-0.4, -0.2) is 18.3 Å². The fourth-order valence-electron chi connectivity index (χ4n) is 2.51. The van der Waals surface area contributed by atoms with Crippen molar-refractivity contribution >= 4 is 6.08 Å². The lowest BCUT2D eigenvalue weighted by molar-refractivity contribution is 0.0799. The maximum Gasteiger partial charge on any atom is 0.153 e. The van der Waals surface area contributed by atoms with E-state index >= 15 is 0 Å². The van der Waals surface area contributed by atoms with Gasteiger partial charge in [-0.25, -0.2) is 0 Å². The topological polar surface area (TPSA) is 18.5 Å². The van der Waals surface area contributed by atoms with Crippen LogP contribution in [0.1, 0.15) is 5.56 Å². The Morgan fingerprint density at radius 2 is 2.00 bits per heavy atom. The number of fused-ring (bicyclic) bond motifs is 6. The van der Waals surface area contributed by atoms with E-state index in [0.717, 1.165) is 11.3 Å². The largest absolute Gasteiger partial charge is 0.482 e. The van der Waals surface area contributed by atoms with E-state index in [1.807, 2.05) is 18.2 Å². The number of benzene rings is 1. The Morgan fingerprint density at radius 3 is 3.00 bits per heavy atom. The first-order valence-electron chi connectivity index (χ1n) is 5.23. The Balaban J connectivity index is 1.89. The van der Waals surface area contributed by atoms with E-state index in [1.165, 1.54) is 5.57 Å². The molecule has 1 aromatic carbocycles. The normalized spacial score (nSPS) is 34.4. The van der Waals surface area contributed by atoms with Crippen LogP contribution in [-0.2, 0) is 4.74 Å². The molecule has 0 amide bonds. The second-order valence-electron chi connectivity index (χ2n) is 4.13. The number of para-hydroxylation sites is 1. The van der Waals surface area contributed by atoms with Crippen LogP contribution in [0, 0.1) is 0 Å². The summed E-state index contributed by atoms with van der Waals surface area (Å²) in [4.78, 5) is 0. The van der Waals surface area contributed by atoms with Gasteiger partial charge in [0, 0.05) is 11.1 Å². The monoisotopic (exact) mass is 198 g/mol. The second-order valence-corrected chi connectivity index (χ2v) is 4.13. The van der Waals surface area contributed by atoms with Gasteiger partial charge in [0.2, 0.25) is 0 Å². The number of ether oxygens (including phenoxy) is 2. The second kappa shape index (κ2) is 2.52. The molecule has 0 N–H and O–H groups in total. The van der Waals surface area contributed by atoms with Crippen LogP contribution in [0.25, 0.3) is 6.08 Å². The molecule has 0 radical (unpaired) electrons. The summed E-state index contributed by atoms with van der Waals surface area (Å²) in [5.74, 6) is 0.968. The molecule has 0 aliphatic carbocycles. The third-order valence-electron chi connectivity index (χ3n) is 3.23. The van der Waals surface area contributed by atoms with Gasteiger partial charge in [-0.05, 0) is 12.1 Å². The van der Waals surface area contributed by atoms with Gasteiger partial charge in [0.1, 0.15) is 18.0 Å². The maximum absolute atomic E-state index is 5.95. The summed E-state index contributed by atoms with van der Waals surface area (Å²) in [5.41, 5.74) is 2.43. The predicted molar refractivity (Wildman–Crippen MR) is 56.6 cm³/mol. The van der Waals surface area contributed by atoms with Crippen molar-refractivity contribution in [2.75, 3.05) is 0 Å². The standard InChI is InChI=1S/C13H10O2/c1-2-4-10-8(3-1)7-9-11-5-6-12(14-11)13(9)15-10/h1-7,11-13H/t11-,12+,13?/m1/s1. The van der Waals surface area contributed by atoms with Gasteiger partial charge in [-0.2, -0.15) is 0 Å². The van der Waals surface area contributed by atoms with E-state index < -0.39 is 0 Å². The Morgan fingerprint density at radius 1 is 1.07 bits per heavy atom.